The molecule has 0 bridgehead atoms. The van der Waals surface area contributed by atoms with Gasteiger partial charge < -0.3 is 10.4 Å². The van der Waals surface area contributed by atoms with Crippen molar-refractivity contribution in [2.45, 2.75) is 31.5 Å². The summed E-state index contributed by atoms with van der Waals surface area (Å²) in [4.78, 5) is 21.4. The number of hydrogen-bond acceptors (Lipinski definition) is 4. The predicted octanol–water partition coefficient (Wildman–Crippen LogP) is 5.09. The highest BCUT2D eigenvalue weighted by atomic mass is 19.4. The molecular weight excluding hydrogens is 431 g/mol. The number of carbonyl (C=O) groups excluding carboxylic acids is 1. The molecule has 0 aliphatic heterocycles. The summed E-state index contributed by atoms with van der Waals surface area (Å²) in [5.74, 6) is -0.420. The topological polar surface area (TPSA) is 75.1 Å². The largest absolute Gasteiger partial charge is 0.399 e. The lowest BCUT2D eigenvalue weighted by atomic mass is 9.87. The summed E-state index contributed by atoms with van der Waals surface area (Å²) in [6.45, 7) is 1.85. The van der Waals surface area contributed by atoms with Crippen LogP contribution < -0.4 is 5.32 Å². The van der Waals surface area contributed by atoms with Gasteiger partial charge in [-0.25, -0.2) is 0 Å². The summed E-state index contributed by atoms with van der Waals surface area (Å²) < 4.78 is 40.1. The molecule has 4 aromatic rings. The van der Waals surface area contributed by atoms with Gasteiger partial charge in [0, 0.05) is 22.5 Å². The zero-order valence-electron chi connectivity index (χ0n) is 18.0. The number of rotatable bonds is 5. The second kappa shape index (κ2) is 8.44. The first-order valence-electron chi connectivity index (χ1n) is 10.3. The molecule has 0 aliphatic rings. The van der Waals surface area contributed by atoms with Gasteiger partial charge in [0.1, 0.15) is 5.41 Å². The Morgan fingerprint density at radius 1 is 1.03 bits per heavy atom. The third-order valence-electron chi connectivity index (χ3n) is 5.85. The lowest BCUT2D eigenvalue weighted by Gasteiger charge is -2.27. The summed E-state index contributed by atoms with van der Waals surface area (Å²) in [5.41, 5.74) is -0.0393. The maximum absolute atomic E-state index is 13.4. The van der Waals surface area contributed by atoms with Crippen LogP contribution in [0.1, 0.15) is 41.5 Å². The van der Waals surface area contributed by atoms with E-state index in [-0.39, 0.29) is 12.3 Å². The Bertz CT molecular complexity index is 1330. The van der Waals surface area contributed by atoms with Crippen molar-refractivity contribution >= 4 is 27.7 Å². The Hall–Kier alpha value is -3.52. The van der Waals surface area contributed by atoms with Crippen LogP contribution in [0.25, 0.3) is 21.8 Å². The average molecular weight is 453 g/mol. The summed E-state index contributed by atoms with van der Waals surface area (Å²) in [5, 5.41) is 14.1. The van der Waals surface area contributed by atoms with Crippen LogP contribution in [0.15, 0.2) is 66.9 Å². The van der Waals surface area contributed by atoms with Crippen LogP contribution in [-0.4, -0.2) is 33.8 Å². The van der Waals surface area contributed by atoms with E-state index in [1.165, 1.54) is 24.3 Å². The van der Waals surface area contributed by atoms with Gasteiger partial charge in [-0.15, -0.1) is 0 Å². The van der Waals surface area contributed by atoms with E-state index in [1.807, 2.05) is 24.3 Å². The maximum atomic E-state index is 13.4. The number of amides is 1. The second-order valence-electron chi connectivity index (χ2n) is 8.35. The lowest BCUT2D eigenvalue weighted by molar-refractivity contribution is -0.181. The molecule has 1 unspecified atom stereocenters. The minimum atomic E-state index is -4.44. The van der Waals surface area contributed by atoms with E-state index in [0.29, 0.717) is 16.5 Å². The molecule has 2 aromatic carbocycles. The van der Waals surface area contributed by atoms with Gasteiger partial charge in [-0.05, 0) is 55.8 Å². The molecule has 0 aliphatic carbocycles. The first-order valence-corrected chi connectivity index (χ1v) is 10.3. The molecule has 8 heteroatoms. The second-order valence-corrected chi connectivity index (χ2v) is 8.35. The summed E-state index contributed by atoms with van der Waals surface area (Å²) in [7, 11) is 0. The van der Waals surface area contributed by atoms with E-state index in [0.717, 1.165) is 30.3 Å². The van der Waals surface area contributed by atoms with Gasteiger partial charge in [0.25, 0.3) is 5.91 Å². The fourth-order valence-corrected chi connectivity index (χ4v) is 3.65. The van der Waals surface area contributed by atoms with E-state index in [1.54, 1.807) is 18.3 Å². The number of halogens is 3. The Morgan fingerprint density at radius 2 is 1.79 bits per heavy atom. The Labute approximate surface area is 188 Å². The molecule has 4 rings (SSSR count). The Morgan fingerprint density at radius 3 is 2.52 bits per heavy atom. The van der Waals surface area contributed by atoms with Crippen LogP contribution >= 0.6 is 0 Å². The fraction of sp³-hybridized carbons (Fsp3) is 0.240. The molecule has 2 N–H and O–H groups in total. The number of aliphatic hydroxyl groups excluding tert-OH is 1. The van der Waals surface area contributed by atoms with Crippen molar-refractivity contribution in [3.63, 3.8) is 0 Å². The number of benzene rings is 2. The van der Waals surface area contributed by atoms with Crippen molar-refractivity contribution in [1.82, 2.24) is 15.3 Å². The van der Waals surface area contributed by atoms with Gasteiger partial charge in [-0.3, -0.25) is 14.8 Å². The number of nitrogens with one attached hydrogen (secondary N) is 1. The van der Waals surface area contributed by atoms with E-state index < -0.39 is 23.5 Å². The first kappa shape index (κ1) is 22.7. The normalized spacial score (nSPS) is 13.3. The molecule has 33 heavy (non-hydrogen) atoms. The van der Waals surface area contributed by atoms with Crippen LogP contribution in [0, 0.1) is 0 Å². The van der Waals surface area contributed by atoms with Gasteiger partial charge >= 0.3 is 6.18 Å². The zero-order chi connectivity index (χ0) is 23.8. The highest BCUT2D eigenvalue weighted by molar-refractivity contribution is 5.98. The van der Waals surface area contributed by atoms with Gasteiger partial charge in [-0.2, -0.15) is 13.2 Å². The lowest BCUT2D eigenvalue weighted by Crippen LogP contribution is -2.37. The standard InChI is InChI=1S/C25H22F3N3O2/c1-24(2,25(26,27)28)22-10-8-15-13-16(7-9-19(15)30-22)23(33)31-21(14-32)18-11-12-29-20-6-4-3-5-17(18)20/h3-13,21,32H,14H2,1-2H3,(H,31,33). The highest BCUT2D eigenvalue weighted by Crippen LogP contribution is 2.40. The van der Waals surface area contributed by atoms with Crippen molar-refractivity contribution in [1.29, 1.82) is 0 Å². The van der Waals surface area contributed by atoms with Crippen molar-refractivity contribution in [2.75, 3.05) is 6.61 Å². The number of aromatic nitrogens is 2. The number of aliphatic hydroxyl groups is 1. The molecule has 170 valence electrons. The molecule has 0 radical (unpaired) electrons. The van der Waals surface area contributed by atoms with E-state index in [9.17, 15) is 23.1 Å². The smallest absolute Gasteiger partial charge is 0.394 e. The van der Waals surface area contributed by atoms with Gasteiger partial charge in [0.05, 0.1) is 29.4 Å². The van der Waals surface area contributed by atoms with E-state index in [4.69, 9.17) is 0 Å². The third kappa shape index (κ3) is 4.26. The van der Waals surface area contributed by atoms with Crippen LogP contribution in [0.2, 0.25) is 0 Å². The van der Waals surface area contributed by atoms with Crippen molar-refractivity contribution < 1.29 is 23.1 Å². The van der Waals surface area contributed by atoms with Gasteiger partial charge in [-0.1, -0.05) is 24.3 Å². The third-order valence-corrected chi connectivity index (χ3v) is 5.85. The number of nitrogens with zero attached hydrogens (tertiary/aromatic N) is 2. The van der Waals surface area contributed by atoms with Crippen LogP contribution in [0.4, 0.5) is 13.2 Å². The van der Waals surface area contributed by atoms with Gasteiger partial charge in [0.15, 0.2) is 0 Å². The molecule has 0 spiro atoms. The molecule has 2 heterocycles. The van der Waals surface area contributed by atoms with E-state index in [2.05, 4.69) is 15.3 Å². The SMILES string of the molecule is CC(C)(c1ccc2cc(C(=O)NC(CO)c3ccnc4ccccc34)ccc2n1)C(F)(F)F. The van der Waals surface area contributed by atoms with Gasteiger partial charge in [0.2, 0.25) is 0 Å². The number of hydrogen-bond donors (Lipinski definition) is 2. The van der Waals surface area contributed by atoms with Crippen molar-refractivity contribution in [2.24, 2.45) is 0 Å². The summed E-state index contributed by atoms with van der Waals surface area (Å²) in [6, 6.07) is 16.0. The monoisotopic (exact) mass is 453 g/mol. The highest BCUT2D eigenvalue weighted by Gasteiger charge is 2.49. The van der Waals surface area contributed by atoms with Crippen LogP contribution in [0.3, 0.4) is 0 Å². The number of carbonyl (C=O) groups is 1. The number of para-hydroxylation sites is 1. The zero-order valence-corrected chi connectivity index (χ0v) is 18.0. The van der Waals surface area contributed by atoms with Crippen molar-refractivity contribution in [3.05, 3.63) is 83.7 Å². The Balaban J connectivity index is 1.62. The minimum absolute atomic E-state index is 0.0930. The average Bonchev–Trinajstić information content (AvgIpc) is 2.80. The number of fused-ring (bicyclic) bond motifs is 2. The summed E-state index contributed by atoms with van der Waals surface area (Å²) in [6.07, 6.45) is -2.82. The Kier molecular flexibility index (Phi) is 5.80. The van der Waals surface area contributed by atoms with Crippen molar-refractivity contribution in [3.8, 4) is 0 Å². The van der Waals surface area contributed by atoms with Crippen LogP contribution in [-0.2, 0) is 5.41 Å². The summed E-state index contributed by atoms with van der Waals surface area (Å²) >= 11 is 0. The number of pyridine rings is 2. The number of alkyl halides is 3. The van der Waals surface area contributed by atoms with E-state index >= 15 is 0 Å². The molecule has 0 saturated heterocycles. The predicted molar refractivity (Wildman–Crippen MR) is 120 cm³/mol. The molecule has 5 nitrogen and oxygen atoms in total. The maximum Gasteiger partial charge on any atom is 0.399 e. The molecule has 2 aromatic heterocycles. The minimum Gasteiger partial charge on any atom is -0.394 e. The van der Waals surface area contributed by atoms with Crippen LogP contribution in [0.5, 0.6) is 0 Å². The molecule has 1 atom stereocenters. The fourth-order valence-electron chi connectivity index (χ4n) is 3.65. The molecule has 0 fully saturated rings. The first-order chi connectivity index (χ1) is 15.6. The molecular formula is C25H22F3N3O2. The molecule has 1 amide bonds. The molecule has 0 saturated carbocycles. The quantitative estimate of drug-likeness (QED) is 0.442.